The van der Waals surface area contributed by atoms with Gasteiger partial charge in [-0.05, 0) is 12.8 Å². The van der Waals surface area contributed by atoms with Gasteiger partial charge in [-0.15, -0.1) is 0 Å². The number of hydrogen-bond acceptors (Lipinski definition) is 3. The van der Waals surface area contributed by atoms with Gasteiger partial charge in [-0.3, -0.25) is 4.79 Å². The quantitative estimate of drug-likeness (QED) is 0.722. The molecule has 0 fully saturated rings. The zero-order chi connectivity index (χ0) is 10.4. The minimum Gasteiger partial charge on any atom is -0.453 e. The van der Waals surface area contributed by atoms with Gasteiger partial charge >= 0.3 is 6.09 Å². The average Bonchev–Trinajstić information content (AvgIpc) is 2.11. The summed E-state index contributed by atoms with van der Waals surface area (Å²) in [4.78, 5) is 22.0. The molecule has 1 unspecified atom stereocenters. The molecule has 4 heteroatoms. The number of hydrogen-bond donors (Lipinski definition) is 1. The van der Waals surface area contributed by atoms with Crippen LogP contribution >= 0.6 is 0 Å². The van der Waals surface area contributed by atoms with Gasteiger partial charge in [0, 0.05) is 0 Å². The van der Waals surface area contributed by atoms with Crippen molar-refractivity contribution in [2.24, 2.45) is 5.92 Å². The lowest BCUT2D eigenvalue weighted by Crippen LogP contribution is -2.43. The second-order valence-electron chi connectivity index (χ2n) is 3.11. The zero-order valence-corrected chi connectivity index (χ0v) is 8.59. The monoisotopic (exact) mass is 187 g/mol. The van der Waals surface area contributed by atoms with Crippen molar-refractivity contribution in [2.75, 3.05) is 7.11 Å². The Kier molecular flexibility index (Phi) is 5.11. The summed E-state index contributed by atoms with van der Waals surface area (Å²) in [6, 6.07) is -0.433. The Morgan fingerprint density at radius 1 is 1.46 bits per heavy atom. The first-order valence-electron chi connectivity index (χ1n) is 4.37. The molecule has 0 spiro atoms. The van der Waals surface area contributed by atoms with Crippen molar-refractivity contribution >= 4 is 11.9 Å². The predicted molar refractivity (Wildman–Crippen MR) is 49.5 cm³/mol. The minimum atomic E-state index is -0.555. The largest absolute Gasteiger partial charge is 0.453 e. The molecule has 1 N–H and O–H groups in total. The van der Waals surface area contributed by atoms with Crippen LogP contribution in [0.2, 0.25) is 0 Å². The van der Waals surface area contributed by atoms with Crippen molar-refractivity contribution in [2.45, 2.75) is 33.2 Å². The number of ketones is 1. The Hall–Kier alpha value is -1.06. The van der Waals surface area contributed by atoms with Crippen molar-refractivity contribution in [1.82, 2.24) is 5.32 Å². The number of amides is 1. The predicted octanol–water partition coefficient (Wildman–Crippen LogP) is 1.35. The van der Waals surface area contributed by atoms with Gasteiger partial charge in [0.05, 0.1) is 13.2 Å². The van der Waals surface area contributed by atoms with E-state index in [1.54, 1.807) is 0 Å². The van der Waals surface area contributed by atoms with E-state index >= 15 is 0 Å². The summed E-state index contributed by atoms with van der Waals surface area (Å²) >= 11 is 0. The molecule has 0 aliphatic carbocycles. The summed E-state index contributed by atoms with van der Waals surface area (Å²) in [5.74, 6) is 0.0938. The Balaban J connectivity index is 4.26. The maximum absolute atomic E-state index is 11.1. The van der Waals surface area contributed by atoms with Crippen LogP contribution in [0.1, 0.15) is 27.2 Å². The van der Waals surface area contributed by atoms with Crippen LogP contribution in [0, 0.1) is 5.92 Å². The lowest BCUT2D eigenvalue weighted by molar-refractivity contribution is -0.120. The molecule has 0 bridgehead atoms. The molecule has 13 heavy (non-hydrogen) atoms. The second kappa shape index (κ2) is 5.56. The van der Waals surface area contributed by atoms with Crippen LogP contribution in [0.4, 0.5) is 4.79 Å². The highest BCUT2D eigenvalue weighted by Crippen LogP contribution is 2.08. The number of ether oxygens (including phenoxy) is 1. The van der Waals surface area contributed by atoms with Crippen molar-refractivity contribution in [3.05, 3.63) is 0 Å². The third kappa shape index (κ3) is 3.92. The van der Waals surface area contributed by atoms with Gasteiger partial charge < -0.3 is 10.1 Å². The number of carbonyl (C=O) groups is 2. The summed E-state index contributed by atoms with van der Waals surface area (Å²) in [6.07, 6.45) is 0.286. The first kappa shape index (κ1) is 11.9. The highest BCUT2D eigenvalue weighted by molar-refractivity contribution is 5.85. The summed E-state index contributed by atoms with van der Waals surface area (Å²) in [5, 5.41) is 2.51. The molecule has 0 rings (SSSR count). The molecule has 2 atom stereocenters. The van der Waals surface area contributed by atoms with Crippen LogP contribution < -0.4 is 5.32 Å². The van der Waals surface area contributed by atoms with Gasteiger partial charge in [-0.1, -0.05) is 20.3 Å². The van der Waals surface area contributed by atoms with E-state index in [0.717, 1.165) is 6.42 Å². The molecule has 4 nitrogen and oxygen atoms in total. The van der Waals surface area contributed by atoms with E-state index in [1.165, 1.54) is 14.0 Å². The molecular weight excluding hydrogens is 170 g/mol. The van der Waals surface area contributed by atoms with Crippen LogP contribution in [0.5, 0.6) is 0 Å². The Bertz CT molecular complexity index is 191. The fraction of sp³-hybridized carbons (Fsp3) is 0.778. The lowest BCUT2D eigenvalue weighted by atomic mass is 9.96. The van der Waals surface area contributed by atoms with Crippen LogP contribution in [0.3, 0.4) is 0 Å². The van der Waals surface area contributed by atoms with Gasteiger partial charge in [-0.25, -0.2) is 4.79 Å². The van der Waals surface area contributed by atoms with Crippen molar-refractivity contribution in [3.63, 3.8) is 0 Å². The van der Waals surface area contributed by atoms with Crippen molar-refractivity contribution in [1.29, 1.82) is 0 Å². The van der Waals surface area contributed by atoms with E-state index in [1.807, 2.05) is 13.8 Å². The highest BCUT2D eigenvalue weighted by Gasteiger charge is 2.22. The van der Waals surface area contributed by atoms with Crippen LogP contribution in [-0.2, 0) is 9.53 Å². The van der Waals surface area contributed by atoms with Gasteiger partial charge in [0.15, 0.2) is 5.78 Å². The number of Topliss-reactive ketones (excluding diaryl/α,β-unsaturated/α-hetero) is 1. The van der Waals surface area contributed by atoms with Crippen LogP contribution in [0.25, 0.3) is 0 Å². The summed E-state index contributed by atoms with van der Waals surface area (Å²) in [7, 11) is 1.28. The number of carbonyl (C=O) groups excluding carboxylic acids is 2. The number of rotatable bonds is 4. The molecule has 76 valence electrons. The molecule has 0 radical (unpaired) electrons. The summed E-state index contributed by atoms with van der Waals surface area (Å²) in [6.45, 7) is 5.36. The van der Waals surface area contributed by atoms with E-state index < -0.39 is 12.1 Å². The summed E-state index contributed by atoms with van der Waals surface area (Å²) < 4.78 is 4.42. The standard InChI is InChI=1S/C9H17NO3/c1-5-6(2)8(7(3)11)10-9(12)13-4/h6,8H,5H2,1-4H3,(H,10,12)/t6-,8?/m0/s1. The van der Waals surface area contributed by atoms with Crippen LogP contribution in [-0.4, -0.2) is 25.0 Å². The van der Waals surface area contributed by atoms with Crippen LogP contribution in [0.15, 0.2) is 0 Å². The first-order valence-corrected chi connectivity index (χ1v) is 4.37. The van der Waals surface area contributed by atoms with E-state index in [9.17, 15) is 9.59 Å². The smallest absolute Gasteiger partial charge is 0.407 e. The van der Waals surface area contributed by atoms with Crippen molar-refractivity contribution in [3.8, 4) is 0 Å². The number of nitrogens with one attached hydrogen (secondary N) is 1. The molecular formula is C9H17NO3. The molecule has 0 heterocycles. The molecule has 1 amide bonds. The van der Waals surface area contributed by atoms with E-state index in [0.29, 0.717) is 0 Å². The normalized spacial score (nSPS) is 14.5. The van der Waals surface area contributed by atoms with Gasteiger partial charge in [-0.2, -0.15) is 0 Å². The van der Waals surface area contributed by atoms with Gasteiger partial charge in [0.2, 0.25) is 0 Å². The van der Waals surface area contributed by atoms with Crippen molar-refractivity contribution < 1.29 is 14.3 Å². The maximum atomic E-state index is 11.1. The second-order valence-corrected chi connectivity index (χ2v) is 3.11. The van der Waals surface area contributed by atoms with Gasteiger partial charge in [0.25, 0.3) is 0 Å². The molecule has 0 aromatic carbocycles. The van der Waals surface area contributed by atoms with E-state index in [4.69, 9.17) is 0 Å². The first-order chi connectivity index (χ1) is 6.02. The molecule has 0 aliphatic heterocycles. The topological polar surface area (TPSA) is 55.4 Å². The average molecular weight is 187 g/mol. The molecule has 0 saturated heterocycles. The minimum absolute atomic E-state index is 0.0419. The summed E-state index contributed by atoms with van der Waals surface area (Å²) in [5.41, 5.74) is 0. The molecule has 0 saturated carbocycles. The lowest BCUT2D eigenvalue weighted by Gasteiger charge is -2.20. The number of alkyl carbamates (subject to hydrolysis) is 1. The Morgan fingerprint density at radius 2 is 2.00 bits per heavy atom. The SMILES string of the molecule is CC[C@H](C)C(NC(=O)OC)C(C)=O. The maximum Gasteiger partial charge on any atom is 0.407 e. The Morgan fingerprint density at radius 3 is 2.31 bits per heavy atom. The highest BCUT2D eigenvalue weighted by atomic mass is 16.5. The van der Waals surface area contributed by atoms with E-state index in [-0.39, 0.29) is 11.7 Å². The molecule has 0 aliphatic rings. The van der Waals surface area contributed by atoms with Gasteiger partial charge in [0.1, 0.15) is 0 Å². The fourth-order valence-corrected chi connectivity index (χ4v) is 1.07. The zero-order valence-electron chi connectivity index (χ0n) is 8.59. The fourth-order valence-electron chi connectivity index (χ4n) is 1.07. The molecule has 0 aromatic heterocycles. The third-order valence-electron chi connectivity index (χ3n) is 2.11. The molecule has 0 aromatic rings. The Labute approximate surface area is 78.6 Å². The number of methoxy groups -OCH3 is 1. The van der Waals surface area contributed by atoms with E-state index in [2.05, 4.69) is 10.1 Å². The third-order valence-corrected chi connectivity index (χ3v) is 2.11.